The van der Waals surface area contributed by atoms with E-state index in [1.54, 1.807) is 19.4 Å². The molecule has 0 aromatic carbocycles. The number of hydrogen-bond acceptors (Lipinski definition) is 4. The first-order chi connectivity index (χ1) is 6.99. The standard InChI is InChI=1S/C8H15N3O2S2/c1-7(2)11-15(12,13)10-4-3-8-5-14-6-9-8/h5-7,10-11H,3-4H2,1-2H3. The number of thiazole rings is 1. The summed E-state index contributed by atoms with van der Waals surface area (Å²) in [7, 11) is -3.36. The monoisotopic (exact) mass is 249 g/mol. The fourth-order valence-corrected chi connectivity index (χ4v) is 2.69. The van der Waals surface area contributed by atoms with Crippen LogP contribution in [-0.2, 0) is 16.6 Å². The second-order valence-corrected chi connectivity index (χ2v) is 5.65. The highest BCUT2D eigenvalue weighted by atomic mass is 32.2. The van der Waals surface area contributed by atoms with E-state index >= 15 is 0 Å². The minimum atomic E-state index is -3.36. The quantitative estimate of drug-likeness (QED) is 0.772. The van der Waals surface area contributed by atoms with Crippen molar-refractivity contribution < 1.29 is 8.42 Å². The van der Waals surface area contributed by atoms with E-state index < -0.39 is 10.2 Å². The highest BCUT2D eigenvalue weighted by molar-refractivity contribution is 7.87. The Kier molecular flexibility index (Phi) is 4.65. The maximum absolute atomic E-state index is 11.3. The third-order valence-electron chi connectivity index (χ3n) is 1.55. The third kappa shape index (κ3) is 5.22. The lowest BCUT2D eigenvalue weighted by molar-refractivity contribution is 0.555. The fourth-order valence-electron chi connectivity index (χ4n) is 1.03. The van der Waals surface area contributed by atoms with Crippen molar-refractivity contribution in [2.24, 2.45) is 0 Å². The van der Waals surface area contributed by atoms with E-state index in [0.717, 1.165) is 5.69 Å². The van der Waals surface area contributed by atoms with E-state index in [2.05, 4.69) is 14.4 Å². The van der Waals surface area contributed by atoms with Crippen LogP contribution in [0.15, 0.2) is 10.9 Å². The van der Waals surface area contributed by atoms with Crippen LogP contribution in [0.4, 0.5) is 0 Å². The maximum atomic E-state index is 11.3. The summed E-state index contributed by atoms with van der Waals surface area (Å²) in [6, 6.07) is -0.0956. The summed E-state index contributed by atoms with van der Waals surface area (Å²) in [5, 5.41) is 1.91. The van der Waals surface area contributed by atoms with E-state index in [4.69, 9.17) is 0 Å². The van der Waals surface area contributed by atoms with Crippen molar-refractivity contribution in [2.45, 2.75) is 26.3 Å². The van der Waals surface area contributed by atoms with Gasteiger partial charge in [-0.3, -0.25) is 0 Å². The minimum absolute atomic E-state index is 0.0956. The van der Waals surface area contributed by atoms with Gasteiger partial charge in [0.15, 0.2) is 0 Å². The molecule has 86 valence electrons. The second-order valence-electron chi connectivity index (χ2n) is 3.40. The second kappa shape index (κ2) is 5.55. The molecule has 0 spiro atoms. The maximum Gasteiger partial charge on any atom is 0.277 e. The van der Waals surface area contributed by atoms with Crippen LogP contribution in [0.2, 0.25) is 0 Å². The SMILES string of the molecule is CC(C)NS(=O)(=O)NCCc1cscn1. The topological polar surface area (TPSA) is 71.1 Å². The van der Waals surface area contributed by atoms with Gasteiger partial charge in [-0.1, -0.05) is 0 Å². The van der Waals surface area contributed by atoms with Gasteiger partial charge in [-0.25, -0.2) is 9.71 Å². The summed E-state index contributed by atoms with van der Waals surface area (Å²) in [5.41, 5.74) is 2.64. The fraction of sp³-hybridized carbons (Fsp3) is 0.625. The summed E-state index contributed by atoms with van der Waals surface area (Å²) in [6.45, 7) is 3.92. The lowest BCUT2D eigenvalue weighted by atomic mass is 10.3. The van der Waals surface area contributed by atoms with Crippen molar-refractivity contribution in [2.75, 3.05) is 6.54 Å². The Morgan fingerprint density at radius 1 is 1.53 bits per heavy atom. The molecule has 1 heterocycles. The van der Waals surface area contributed by atoms with Crippen LogP contribution in [-0.4, -0.2) is 26.0 Å². The Hall–Kier alpha value is -0.500. The molecule has 0 saturated carbocycles. The predicted molar refractivity (Wildman–Crippen MR) is 61.0 cm³/mol. The molecule has 0 saturated heterocycles. The molecule has 0 aliphatic rings. The van der Waals surface area contributed by atoms with Gasteiger partial charge in [0.1, 0.15) is 0 Å². The smallest absolute Gasteiger partial charge is 0.250 e. The lowest BCUT2D eigenvalue weighted by Crippen LogP contribution is -2.41. The number of rotatable bonds is 6. The summed E-state index contributed by atoms with van der Waals surface area (Å²) in [6.07, 6.45) is 0.614. The Balaban J connectivity index is 2.31. The van der Waals surface area contributed by atoms with Crippen molar-refractivity contribution in [3.05, 3.63) is 16.6 Å². The molecule has 2 N–H and O–H groups in total. The summed E-state index contributed by atoms with van der Waals surface area (Å²) >= 11 is 1.50. The molecule has 0 amide bonds. The molecule has 0 radical (unpaired) electrons. The van der Waals surface area contributed by atoms with Crippen LogP contribution < -0.4 is 9.44 Å². The van der Waals surface area contributed by atoms with Crippen LogP contribution in [0.5, 0.6) is 0 Å². The van der Waals surface area contributed by atoms with Crippen molar-refractivity contribution in [3.63, 3.8) is 0 Å². The molecule has 0 aliphatic carbocycles. The van der Waals surface area contributed by atoms with Gasteiger partial charge in [0.2, 0.25) is 0 Å². The van der Waals surface area contributed by atoms with E-state index in [9.17, 15) is 8.42 Å². The van der Waals surface area contributed by atoms with Gasteiger partial charge < -0.3 is 0 Å². The first-order valence-corrected chi connectivity index (χ1v) is 7.06. The van der Waals surface area contributed by atoms with E-state index in [1.807, 2.05) is 5.38 Å². The highest BCUT2D eigenvalue weighted by Crippen LogP contribution is 2.00. The molecule has 0 fully saturated rings. The largest absolute Gasteiger partial charge is 0.277 e. The van der Waals surface area contributed by atoms with Crippen molar-refractivity contribution in [1.29, 1.82) is 0 Å². The zero-order valence-corrected chi connectivity index (χ0v) is 10.4. The van der Waals surface area contributed by atoms with Crippen LogP contribution >= 0.6 is 11.3 Å². The normalized spacial score (nSPS) is 12.2. The molecule has 0 bridgehead atoms. The van der Waals surface area contributed by atoms with Gasteiger partial charge in [0, 0.05) is 24.4 Å². The van der Waals surface area contributed by atoms with Gasteiger partial charge in [-0.15, -0.1) is 11.3 Å². The molecule has 0 aliphatic heterocycles. The Morgan fingerprint density at radius 2 is 2.27 bits per heavy atom. The highest BCUT2D eigenvalue weighted by Gasteiger charge is 2.10. The Bertz CT molecular complexity index is 373. The lowest BCUT2D eigenvalue weighted by Gasteiger charge is -2.09. The third-order valence-corrected chi connectivity index (χ3v) is 3.55. The Labute approximate surface area is 94.1 Å². The molecule has 0 unspecified atom stereocenters. The molecule has 5 nitrogen and oxygen atoms in total. The first kappa shape index (κ1) is 12.6. The zero-order valence-electron chi connectivity index (χ0n) is 8.73. The molecular formula is C8H15N3O2S2. The summed E-state index contributed by atoms with van der Waals surface area (Å²) < 4.78 is 27.6. The van der Waals surface area contributed by atoms with Gasteiger partial charge in [-0.2, -0.15) is 13.1 Å². The molecule has 1 aromatic rings. The van der Waals surface area contributed by atoms with E-state index in [1.165, 1.54) is 11.3 Å². The Morgan fingerprint density at radius 3 is 2.80 bits per heavy atom. The summed E-state index contributed by atoms with van der Waals surface area (Å²) in [5.74, 6) is 0. The molecule has 7 heteroatoms. The van der Waals surface area contributed by atoms with Crippen LogP contribution in [0.1, 0.15) is 19.5 Å². The number of nitrogens with zero attached hydrogens (tertiary/aromatic N) is 1. The van der Waals surface area contributed by atoms with E-state index in [0.29, 0.717) is 13.0 Å². The van der Waals surface area contributed by atoms with Crippen LogP contribution in [0, 0.1) is 0 Å². The molecule has 0 atom stereocenters. The van der Waals surface area contributed by atoms with Gasteiger partial charge in [0.25, 0.3) is 10.2 Å². The average Bonchev–Trinajstić information content (AvgIpc) is 2.53. The predicted octanol–water partition coefficient (Wildman–Crippen LogP) is 0.518. The van der Waals surface area contributed by atoms with E-state index in [-0.39, 0.29) is 6.04 Å². The minimum Gasteiger partial charge on any atom is -0.250 e. The first-order valence-electron chi connectivity index (χ1n) is 4.63. The van der Waals surface area contributed by atoms with Crippen LogP contribution in [0.25, 0.3) is 0 Å². The zero-order chi connectivity index (χ0) is 11.3. The van der Waals surface area contributed by atoms with Crippen molar-refractivity contribution >= 4 is 21.5 Å². The van der Waals surface area contributed by atoms with Gasteiger partial charge in [-0.05, 0) is 13.8 Å². The van der Waals surface area contributed by atoms with Crippen molar-refractivity contribution in [3.8, 4) is 0 Å². The number of hydrogen-bond donors (Lipinski definition) is 2. The summed E-state index contributed by atoms with van der Waals surface area (Å²) in [4.78, 5) is 4.06. The molecular weight excluding hydrogens is 234 g/mol. The molecule has 1 aromatic heterocycles. The molecule has 15 heavy (non-hydrogen) atoms. The number of aromatic nitrogens is 1. The van der Waals surface area contributed by atoms with Crippen molar-refractivity contribution in [1.82, 2.24) is 14.4 Å². The van der Waals surface area contributed by atoms with Gasteiger partial charge in [0.05, 0.1) is 11.2 Å². The molecule has 1 rings (SSSR count). The van der Waals surface area contributed by atoms with Gasteiger partial charge >= 0.3 is 0 Å². The average molecular weight is 249 g/mol. The number of nitrogens with one attached hydrogen (secondary N) is 2. The van der Waals surface area contributed by atoms with Crippen LogP contribution in [0.3, 0.4) is 0 Å².